The topological polar surface area (TPSA) is 114 Å². The summed E-state index contributed by atoms with van der Waals surface area (Å²) in [6.45, 7) is 2.71. The van der Waals surface area contributed by atoms with Gasteiger partial charge in [-0.3, -0.25) is 9.35 Å². The zero-order valence-electron chi connectivity index (χ0n) is 18.0. The van der Waals surface area contributed by atoms with E-state index >= 15 is 0 Å². The second-order valence-electron chi connectivity index (χ2n) is 8.21. The number of likely N-dealkylation sites (tertiary alicyclic amines) is 1. The highest BCUT2D eigenvalue weighted by Gasteiger charge is 2.29. The van der Waals surface area contributed by atoms with Crippen molar-refractivity contribution in [1.29, 1.82) is 0 Å². The quantitative estimate of drug-likeness (QED) is 0.440. The molecule has 1 aliphatic rings. The van der Waals surface area contributed by atoms with E-state index in [1.807, 2.05) is 0 Å². The van der Waals surface area contributed by atoms with Gasteiger partial charge in [-0.25, -0.2) is 9.37 Å². The number of carbonyl (C=O) groups excluding carboxylic acids is 1. The molecule has 0 spiro atoms. The summed E-state index contributed by atoms with van der Waals surface area (Å²) in [6, 6.07) is 12.6. The van der Waals surface area contributed by atoms with E-state index in [4.69, 9.17) is 5.73 Å². The molecule has 172 valence electrons. The number of nitrogen functional groups attached to an aromatic ring is 1. The van der Waals surface area contributed by atoms with Gasteiger partial charge in [-0.1, -0.05) is 12.1 Å². The van der Waals surface area contributed by atoms with Crippen LogP contribution in [0, 0.1) is 12.7 Å². The van der Waals surface area contributed by atoms with Crippen molar-refractivity contribution in [2.75, 3.05) is 18.8 Å². The number of aromatic nitrogens is 1. The van der Waals surface area contributed by atoms with E-state index < -0.39 is 15.1 Å². The second kappa shape index (κ2) is 8.92. The number of nitrogens with zero attached hydrogens (tertiary/aromatic N) is 2. The number of pyridine rings is 1. The number of aryl methyl sites for hydroxylation is 1. The molecule has 1 amide bonds. The summed E-state index contributed by atoms with van der Waals surface area (Å²) >= 11 is 0. The van der Waals surface area contributed by atoms with Gasteiger partial charge >= 0.3 is 10.1 Å². The normalized spacial score (nSPS) is 14.9. The van der Waals surface area contributed by atoms with Crippen LogP contribution in [0.3, 0.4) is 0 Å². The number of nitrogens with two attached hydrogens (primary N) is 1. The number of amides is 1. The minimum atomic E-state index is -4.61. The van der Waals surface area contributed by atoms with E-state index in [-0.39, 0.29) is 28.8 Å². The molecule has 1 aliphatic heterocycles. The lowest BCUT2D eigenvalue weighted by Gasteiger charge is -2.33. The molecule has 4 rings (SSSR count). The number of halogens is 1. The van der Waals surface area contributed by atoms with Gasteiger partial charge in [-0.05, 0) is 73.2 Å². The van der Waals surface area contributed by atoms with Crippen LogP contribution in [-0.2, 0) is 10.1 Å². The van der Waals surface area contributed by atoms with E-state index in [0.717, 1.165) is 18.4 Å². The first kappa shape index (κ1) is 22.9. The zero-order chi connectivity index (χ0) is 23.8. The van der Waals surface area contributed by atoms with E-state index in [2.05, 4.69) is 4.98 Å². The third kappa shape index (κ3) is 4.74. The number of carbonyl (C=O) groups is 1. The Hall–Kier alpha value is -3.30. The summed E-state index contributed by atoms with van der Waals surface area (Å²) in [6.07, 6.45) is 2.70. The number of hydrogen-bond donors (Lipinski definition) is 2. The van der Waals surface area contributed by atoms with Crippen molar-refractivity contribution >= 4 is 21.7 Å². The Balaban J connectivity index is 1.67. The minimum absolute atomic E-state index is 0.141. The van der Waals surface area contributed by atoms with Crippen LogP contribution in [0.5, 0.6) is 0 Å². The summed E-state index contributed by atoms with van der Waals surface area (Å²) in [5.41, 5.74) is 8.80. The fourth-order valence-corrected chi connectivity index (χ4v) is 5.09. The van der Waals surface area contributed by atoms with Crippen LogP contribution in [0.4, 0.5) is 10.1 Å². The smallest absolute Gasteiger partial charge is 0.312 e. The maximum absolute atomic E-state index is 13.5. The number of anilines is 1. The highest BCUT2D eigenvalue weighted by atomic mass is 32.2. The van der Waals surface area contributed by atoms with Gasteiger partial charge < -0.3 is 10.6 Å². The van der Waals surface area contributed by atoms with Crippen LogP contribution in [-0.4, -0.2) is 41.9 Å². The van der Waals surface area contributed by atoms with Gasteiger partial charge in [0.15, 0.2) is 5.03 Å². The van der Waals surface area contributed by atoms with E-state index in [1.165, 1.54) is 30.5 Å². The molecule has 1 aromatic heterocycles. The molecule has 7 nitrogen and oxygen atoms in total. The molecule has 0 unspecified atom stereocenters. The van der Waals surface area contributed by atoms with Gasteiger partial charge in [0, 0.05) is 41.7 Å². The second-order valence-corrected chi connectivity index (χ2v) is 9.55. The average molecular weight is 470 g/mol. The molecule has 2 aromatic carbocycles. The van der Waals surface area contributed by atoms with Crippen LogP contribution >= 0.6 is 0 Å². The zero-order valence-corrected chi connectivity index (χ0v) is 18.8. The van der Waals surface area contributed by atoms with Gasteiger partial charge in [-0.15, -0.1) is 0 Å². The lowest BCUT2D eigenvalue weighted by molar-refractivity contribution is 0.0713. The van der Waals surface area contributed by atoms with Crippen molar-refractivity contribution in [1.82, 2.24) is 9.88 Å². The van der Waals surface area contributed by atoms with Gasteiger partial charge in [0.25, 0.3) is 5.91 Å². The van der Waals surface area contributed by atoms with Crippen molar-refractivity contribution in [3.05, 3.63) is 77.2 Å². The van der Waals surface area contributed by atoms with Crippen LogP contribution in [0.15, 0.2) is 59.8 Å². The molecule has 3 N–H and O–H groups in total. The standard InChI is InChI=1S/C24H24FN3O4S/c1-15-13-19(26)14-21(22(15)20-3-2-10-27-23(20)33(30,31)32)24(29)28-11-8-17(9-12-28)16-4-6-18(25)7-5-16/h2-7,10,13-14,17H,8-9,11-12,26H2,1H3,(H,30,31,32). The third-order valence-electron chi connectivity index (χ3n) is 6.00. The average Bonchev–Trinajstić information content (AvgIpc) is 2.78. The van der Waals surface area contributed by atoms with Crippen molar-refractivity contribution in [2.45, 2.75) is 30.7 Å². The van der Waals surface area contributed by atoms with Crippen LogP contribution in [0.25, 0.3) is 11.1 Å². The minimum Gasteiger partial charge on any atom is -0.399 e. The molecule has 3 aromatic rings. The highest BCUT2D eigenvalue weighted by Crippen LogP contribution is 2.35. The molecule has 33 heavy (non-hydrogen) atoms. The molecular formula is C24H24FN3O4S. The van der Waals surface area contributed by atoms with Crippen molar-refractivity contribution in [3.8, 4) is 11.1 Å². The van der Waals surface area contributed by atoms with E-state index in [9.17, 15) is 22.2 Å². The summed E-state index contributed by atoms with van der Waals surface area (Å²) < 4.78 is 46.8. The molecule has 1 fully saturated rings. The number of rotatable bonds is 4. The molecule has 0 radical (unpaired) electrons. The van der Waals surface area contributed by atoms with Crippen molar-refractivity contribution in [3.63, 3.8) is 0 Å². The molecule has 0 bridgehead atoms. The lowest BCUT2D eigenvalue weighted by atomic mass is 9.88. The Morgan fingerprint density at radius 3 is 2.45 bits per heavy atom. The maximum Gasteiger partial charge on any atom is 0.312 e. The Morgan fingerprint density at radius 1 is 1.15 bits per heavy atom. The fourth-order valence-electron chi connectivity index (χ4n) is 4.45. The largest absolute Gasteiger partial charge is 0.399 e. The van der Waals surface area contributed by atoms with Crippen molar-refractivity contribution in [2.24, 2.45) is 0 Å². The summed E-state index contributed by atoms with van der Waals surface area (Å²) in [7, 11) is -4.61. The Kier molecular flexibility index (Phi) is 6.18. The Labute approximate surface area is 191 Å². The molecule has 0 aliphatic carbocycles. The first-order chi connectivity index (χ1) is 15.6. The Morgan fingerprint density at radius 2 is 1.82 bits per heavy atom. The molecule has 9 heteroatoms. The molecule has 2 heterocycles. The van der Waals surface area contributed by atoms with Crippen LogP contribution < -0.4 is 5.73 Å². The van der Waals surface area contributed by atoms with Crippen molar-refractivity contribution < 1.29 is 22.2 Å². The van der Waals surface area contributed by atoms with E-state index in [1.54, 1.807) is 36.1 Å². The predicted octanol–water partition coefficient (Wildman–Crippen LogP) is 4.04. The monoisotopic (exact) mass is 469 g/mol. The summed E-state index contributed by atoms with van der Waals surface area (Å²) in [5, 5.41) is -0.512. The number of piperidine rings is 1. The first-order valence-corrected chi connectivity index (χ1v) is 12.0. The molecule has 0 saturated carbocycles. The fraction of sp³-hybridized carbons (Fsp3) is 0.250. The molecule has 1 saturated heterocycles. The Bertz CT molecular complexity index is 1300. The summed E-state index contributed by atoms with van der Waals surface area (Å²) in [5.74, 6) is -0.333. The SMILES string of the molecule is Cc1cc(N)cc(C(=O)N2CCC(c3ccc(F)cc3)CC2)c1-c1cccnc1S(=O)(=O)O. The van der Waals surface area contributed by atoms with Gasteiger partial charge in [0.2, 0.25) is 0 Å². The van der Waals surface area contributed by atoms with Gasteiger partial charge in [-0.2, -0.15) is 8.42 Å². The third-order valence-corrected chi connectivity index (χ3v) is 6.81. The van der Waals surface area contributed by atoms with E-state index in [0.29, 0.717) is 29.9 Å². The van der Waals surface area contributed by atoms with Gasteiger partial charge in [0.1, 0.15) is 5.82 Å². The predicted molar refractivity (Wildman–Crippen MR) is 123 cm³/mol. The number of benzene rings is 2. The molecule has 0 atom stereocenters. The maximum atomic E-state index is 13.5. The molecular weight excluding hydrogens is 445 g/mol. The first-order valence-electron chi connectivity index (χ1n) is 10.5. The van der Waals surface area contributed by atoms with Crippen LogP contribution in [0.2, 0.25) is 0 Å². The summed E-state index contributed by atoms with van der Waals surface area (Å²) in [4.78, 5) is 19.1. The lowest BCUT2D eigenvalue weighted by Crippen LogP contribution is -2.38. The number of hydrogen-bond acceptors (Lipinski definition) is 5. The highest BCUT2D eigenvalue weighted by molar-refractivity contribution is 7.85. The van der Waals surface area contributed by atoms with Crippen LogP contribution in [0.1, 0.15) is 40.2 Å². The van der Waals surface area contributed by atoms with Gasteiger partial charge in [0.05, 0.1) is 0 Å².